The van der Waals surface area contributed by atoms with Gasteiger partial charge in [0.15, 0.2) is 0 Å². The van der Waals surface area contributed by atoms with Crippen LogP contribution in [0.1, 0.15) is 41.4 Å². The molecule has 0 N–H and O–H groups in total. The van der Waals surface area contributed by atoms with Crippen LogP contribution in [0, 0.1) is 30.9 Å². The first-order chi connectivity index (χ1) is 11.5. The maximum absolute atomic E-state index is 11.1. The summed E-state index contributed by atoms with van der Waals surface area (Å²) in [6.45, 7) is 9.06. The lowest BCUT2D eigenvalue weighted by Gasteiger charge is -2.34. The Morgan fingerprint density at radius 2 is 1.71 bits per heavy atom. The van der Waals surface area contributed by atoms with E-state index in [-0.39, 0.29) is 10.6 Å². The first kappa shape index (κ1) is 16.7. The molecule has 0 unspecified atom stereocenters. The third kappa shape index (κ3) is 3.22. The van der Waals surface area contributed by atoms with Gasteiger partial charge in [0, 0.05) is 48.7 Å². The molecule has 3 rings (SSSR count). The van der Waals surface area contributed by atoms with Crippen LogP contribution in [0.25, 0.3) is 0 Å². The summed E-state index contributed by atoms with van der Waals surface area (Å²) in [7, 11) is 0. The van der Waals surface area contributed by atoms with Gasteiger partial charge in [0.2, 0.25) is 0 Å². The van der Waals surface area contributed by atoms with Gasteiger partial charge in [0.05, 0.1) is 4.92 Å². The van der Waals surface area contributed by atoms with Crippen LogP contribution in [0.4, 0.5) is 5.69 Å². The van der Waals surface area contributed by atoms with Crippen molar-refractivity contribution in [3.8, 4) is 0 Å². The van der Waals surface area contributed by atoms with E-state index in [9.17, 15) is 10.1 Å². The van der Waals surface area contributed by atoms with Gasteiger partial charge in [0.25, 0.3) is 5.69 Å². The lowest BCUT2D eigenvalue weighted by Crippen LogP contribution is -2.34. The second kappa shape index (κ2) is 6.77. The van der Waals surface area contributed by atoms with Gasteiger partial charge in [0.1, 0.15) is 0 Å². The predicted octanol–water partition coefficient (Wildman–Crippen LogP) is 4.16. The highest BCUT2D eigenvalue weighted by atomic mass is 16.6. The number of likely N-dealkylation sites (tertiary alicyclic amines) is 1. The standard InChI is InChI=1S/C19H25N3O2/c1-14-7-8-15(2)21(14)18-9-11-20(12-10-18)13-17-5-4-6-19(16(17)3)22(23)24/h4-8,18H,9-13H2,1-3H3. The van der Waals surface area contributed by atoms with Gasteiger partial charge >= 0.3 is 0 Å². The van der Waals surface area contributed by atoms with Crippen molar-refractivity contribution in [1.82, 2.24) is 9.47 Å². The van der Waals surface area contributed by atoms with Crippen LogP contribution in [0.15, 0.2) is 30.3 Å². The number of benzene rings is 1. The van der Waals surface area contributed by atoms with Gasteiger partial charge in [-0.1, -0.05) is 12.1 Å². The van der Waals surface area contributed by atoms with E-state index in [0.717, 1.165) is 43.6 Å². The second-order valence-corrected chi connectivity index (χ2v) is 6.81. The van der Waals surface area contributed by atoms with Crippen molar-refractivity contribution in [2.75, 3.05) is 13.1 Å². The number of piperidine rings is 1. The molecular formula is C19H25N3O2. The van der Waals surface area contributed by atoms with E-state index < -0.39 is 0 Å². The van der Waals surface area contributed by atoms with Crippen molar-refractivity contribution in [1.29, 1.82) is 0 Å². The number of nitro benzene ring substituents is 1. The Balaban J connectivity index is 1.66. The largest absolute Gasteiger partial charge is 0.346 e. The number of nitrogens with zero attached hydrogens (tertiary/aromatic N) is 3. The summed E-state index contributed by atoms with van der Waals surface area (Å²) in [5, 5.41) is 11.1. The molecule has 1 aliphatic heterocycles. The second-order valence-electron chi connectivity index (χ2n) is 6.81. The zero-order valence-electron chi connectivity index (χ0n) is 14.7. The summed E-state index contributed by atoms with van der Waals surface area (Å²) in [5.41, 5.74) is 4.75. The molecule has 0 spiro atoms. The molecule has 2 heterocycles. The van der Waals surface area contributed by atoms with E-state index in [1.165, 1.54) is 11.4 Å². The third-order valence-corrected chi connectivity index (χ3v) is 5.26. The first-order valence-corrected chi connectivity index (χ1v) is 8.57. The predicted molar refractivity (Wildman–Crippen MR) is 95.3 cm³/mol. The molecule has 128 valence electrons. The lowest BCUT2D eigenvalue weighted by molar-refractivity contribution is -0.385. The van der Waals surface area contributed by atoms with Crippen molar-refractivity contribution < 1.29 is 4.92 Å². The highest BCUT2D eigenvalue weighted by molar-refractivity contribution is 5.44. The van der Waals surface area contributed by atoms with Crippen LogP contribution in [-0.4, -0.2) is 27.5 Å². The molecule has 1 aliphatic rings. The molecule has 0 bridgehead atoms. The van der Waals surface area contributed by atoms with Crippen LogP contribution in [0.3, 0.4) is 0 Å². The van der Waals surface area contributed by atoms with Gasteiger partial charge in [-0.2, -0.15) is 0 Å². The molecule has 0 aliphatic carbocycles. The van der Waals surface area contributed by atoms with E-state index in [1.807, 2.05) is 13.0 Å². The van der Waals surface area contributed by atoms with E-state index in [4.69, 9.17) is 0 Å². The number of hydrogen-bond acceptors (Lipinski definition) is 3. The molecule has 0 saturated carbocycles. The van der Waals surface area contributed by atoms with E-state index >= 15 is 0 Å². The molecule has 1 aromatic heterocycles. The quantitative estimate of drug-likeness (QED) is 0.626. The van der Waals surface area contributed by atoms with Crippen LogP contribution in [0.2, 0.25) is 0 Å². The molecule has 2 aromatic rings. The van der Waals surface area contributed by atoms with Gasteiger partial charge in [-0.3, -0.25) is 15.0 Å². The number of hydrogen-bond donors (Lipinski definition) is 0. The van der Waals surface area contributed by atoms with E-state index in [2.05, 4.69) is 35.4 Å². The maximum Gasteiger partial charge on any atom is 0.272 e. The lowest BCUT2D eigenvalue weighted by atomic mass is 10.0. The Bertz CT molecular complexity index is 724. The third-order valence-electron chi connectivity index (χ3n) is 5.26. The fraction of sp³-hybridized carbons (Fsp3) is 0.474. The minimum Gasteiger partial charge on any atom is -0.346 e. The van der Waals surface area contributed by atoms with Crippen molar-refractivity contribution in [3.63, 3.8) is 0 Å². The van der Waals surface area contributed by atoms with Crippen LogP contribution in [-0.2, 0) is 6.54 Å². The monoisotopic (exact) mass is 327 g/mol. The molecular weight excluding hydrogens is 302 g/mol. The topological polar surface area (TPSA) is 51.3 Å². The van der Waals surface area contributed by atoms with Crippen molar-refractivity contribution in [3.05, 3.63) is 63.0 Å². The summed E-state index contributed by atoms with van der Waals surface area (Å²) in [6, 6.07) is 10.3. The van der Waals surface area contributed by atoms with E-state index in [1.54, 1.807) is 12.1 Å². The SMILES string of the molecule is Cc1c(CN2CCC(n3c(C)ccc3C)CC2)cccc1[N+](=O)[O-]. The van der Waals surface area contributed by atoms with Crippen LogP contribution >= 0.6 is 0 Å². The molecule has 1 aromatic carbocycles. The minimum atomic E-state index is -0.289. The van der Waals surface area contributed by atoms with Gasteiger partial charge in [-0.25, -0.2) is 0 Å². The fourth-order valence-electron chi connectivity index (χ4n) is 3.87. The maximum atomic E-state index is 11.1. The average molecular weight is 327 g/mol. The Labute approximate surface area is 143 Å². The summed E-state index contributed by atoms with van der Waals surface area (Å²) in [6.07, 6.45) is 2.26. The molecule has 5 nitrogen and oxygen atoms in total. The Hall–Kier alpha value is -2.14. The highest BCUT2D eigenvalue weighted by Gasteiger charge is 2.23. The zero-order valence-corrected chi connectivity index (χ0v) is 14.7. The van der Waals surface area contributed by atoms with Gasteiger partial charge in [-0.05, 0) is 51.3 Å². The van der Waals surface area contributed by atoms with Gasteiger partial charge in [-0.15, -0.1) is 0 Å². The number of rotatable bonds is 4. The minimum absolute atomic E-state index is 0.223. The van der Waals surface area contributed by atoms with Crippen LogP contribution in [0.5, 0.6) is 0 Å². The summed E-state index contributed by atoms with van der Waals surface area (Å²) in [4.78, 5) is 13.2. The average Bonchev–Trinajstić information content (AvgIpc) is 2.89. The number of aryl methyl sites for hydroxylation is 2. The molecule has 24 heavy (non-hydrogen) atoms. The van der Waals surface area contributed by atoms with Crippen LogP contribution < -0.4 is 0 Å². The normalized spacial score (nSPS) is 16.5. The fourth-order valence-corrected chi connectivity index (χ4v) is 3.87. The zero-order chi connectivity index (χ0) is 17.3. The molecule has 0 atom stereocenters. The summed E-state index contributed by atoms with van der Waals surface area (Å²) < 4.78 is 2.45. The summed E-state index contributed by atoms with van der Waals surface area (Å²) >= 11 is 0. The molecule has 5 heteroatoms. The number of nitro groups is 1. The number of aromatic nitrogens is 1. The molecule has 0 amide bonds. The Morgan fingerprint density at radius 1 is 1.08 bits per heavy atom. The smallest absolute Gasteiger partial charge is 0.272 e. The van der Waals surface area contributed by atoms with Crippen molar-refractivity contribution in [2.45, 2.75) is 46.2 Å². The van der Waals surface area contributed by atoms with E-state index in [0.29, 0.717) is 6.04 Å². The van der Waals surface area contributed by atoms with Crippen molar-refractivity contribution >= 4 is 5.69 Å². The molecule has 1 fully saturated rings. The van der Waals surface area contributed by atoms with Crippen molar-refractivity contribution in [2.24, 2.45) is 0 Å². The first-order valence-electron chi connectivity index (χ1n) is 8.57. The Kier molecular flexibility index (Phi) is 4.71. The molecule has 1 saturated heterocycles. The summed E-state index contributed by atoms with van der Waals surface area (Å²) in [5.74, 6) is 0. The molecule has 0 radical (unpaired) electrons. The Morgan fingerprint density at radius 3 is 2.29 bits per heavy atom. The highest BCUT2D eigenvalue weighted by Crippen LogP contribution is 2.28. The van der Waals surface area contributed by atoms with Gasteiger partial charge < -0.3 is 4.57 Å².